The molecule has 29 heavy (non-hydrogen) atoms. The van der Waals surface area contributed by atoms with Crippen LogP contribution in [-0.4, -0.2) is 65.4 Å². The lowest BCUT2D eigenvalue weighted by molar-refractivity contribution is -0.0252. The van der Waals surface area contributed by atoms with Gasteiger partial charge >= 0.3 is 0 Å². The molecule has 0 radical (unpaired) electrons. The minimum Gasteiger partial charge on any atom is -0.379 e. The van der Waals surface area contributed by atoms with E-state index in [1.807, 2.05) is 0 Å². The van der Waals surface area contributed by atoms with E-state index in [4.69, 9.17) is 18.9 Å². The molecular formula is C24H49NO4. The fourth-order valence-corrected chi connectivity index (χ4v) is 3.65. The number of unbranched alkanes of at least 4 members (excludes halogenated alkanes) is 10. The minimum absolute atomic E-state index is 0.411. The van der Waals surface area contributed by atoms with Crippen molar-refractivity contribution in [3.63, 3.8) is 0 Å². The van der Waals surface area contributed by atoms with Gasteiger partial charge in [-0.3, -0.25) is 0 Å². The summed E-state index contributed by atoms with van der Waals surface area (Å²) in [7, 11) is 0. The van der Waals surface area contributed by atoms with Crippen molar-refractivity contribution in [2.75, 3.05) is 59.3 Å². The van der Waals surface area contributed by atoms with Crippen LogP contribution < -0.4 is 5.32 Å². The first-order valence-electron chi connectivity index (χ1n) is 12.5. The van der Waals surface area contributed by atoms with Crippen LogP contribution in [0.1, 0.15) is 90.4 Å². The second-order valence-corrected chi connectivity index (χ2v) is 8.19. The van der Waals surface area contributed by atoms with Crippen LogP contribution in [0.5, 0.6) is 0 Å². The first kappa shape index (κ1) is 26.8. The first-order valence-corrected chi connectivity index (χ1v) is 12.5. The second kappa shape index (κ2) is 22.5. The van der Waals surface area contributed by atoms with Gasteiger partial charge in [-0.15, -0.1) is 0 Å². The highest BCUT2D eigenvalue weighted by molar-refractivity contribution is 4.67. The van der Waals surface area contributed by atoms with Gasteiger partial charge < -0.3 is 24.3 Å². The van der Waals surface area contributed by atoms with Crippen LogP contribution in [0.15, 0.2) is 0 Å². The van der Waals surface area contributed by atoms with Gasteiger partial charge in [0, 0.05) is 6.61 Å². The Balaban J connectivity index is 1.63. The van der Waals surface area contributed by atoms with Crippen molar-refractivity contribution in [2.24, 2.45) is 0 Å². The van der Waals surface area contributed by atoms with Crippen LogP contribution >= 0.6 is 0 Å². The molecule has 0 aromatic rings. The third-order valence-electron chi connectivity index (χ3n) is 5.50. The van der Waals surface area contributed by atoms with E-state index in [-0.39, 0.29) is 0 Å². The number of ether oxygens (including phenoxy) is 4. The zero-order valence-corrected chi connectivity index (χ0v) is 19.3. The van der Waals surface area contributed by atoms with Gasteiger partial charge in [0.15, 0.2) is 0 Å². The molecule has 0 saturated carbocycles. The van der Waals surface area contributed by atoms with Crippen molar-refractivity contribution in [2.45, 2.75) is 96.5 Å². The van der Waals surface area contributed by atoms with Crippen LogP contribution in [0.4, 0.5) is 0 Å². The van der Waals surface area contributed by atoms with Crippen LogP contribution in [-0.2, 0) is 18.9 Å². The summed E-state index contributed by atoms with van der Waals surface area (Å²) in [6, 6.07) is 0. The molecular weight excluding hydrogens is 366 g/mol. The monoisotopic (exact) mass is 415 g/mol. The lowest BCUT2D eigenvalue weighted by Crippen LogP contribution is -2.33. The number of hydrogen-bond donors (Lipinski definition) is 1. The molecule has 0 bridgehead atoms. The molecule has 1 N–H and O–H groups in total. The molecule has 0 unspecified atom stereocenters. The van der Waals surface area contributed by atoms with E-state index in [9.17, 15) is 0 Å². The molecule has 1 saturated heterocycles. The topological polar surface area (TPSA) is 49.0 Å². The summed E-state index contributed by atoms with van der Waals surface area (Å²) in [6.07, 6.45) is 17.7. The van der Waals surface area contributed by atoms with E-state index in [1.165, 1.54) is 70.6 Å². The van der Waals surface area contributed by atoms with Crippen LogP contribution in [0.25, 0.3) is 0 Å². The van der Waals surface area contributed by atoms with Crippen molar-refractivity contribution in [3.05, 3.63) is 0 Å². The smallest absolute Gasteiger partial charge is 0.0704 e. The Morgan fingerprint density at radius 1 is 0.552 bits per heavy atom. The maximum absolute atomic E-state index is 5.79. The molecule has 1 aliphatic heterocycles. The molecule has 174 valence electrons. The van der Waals surface area contributed by atoms with Crippen molar-refractivity contribution < 1.29 is 18.9 Å². The van der Waals surface area contributed by atoms with E-state index in [0.717, 1.165) is 32.5 Å². The molecule has 1 heterocycles. The molecule has 0 amide bonds. The van der Waals surface area contributed by atoms with E-state index >= 15 is 0 Å². The van der Waals surface area contributed by atoms with Crippen LogP contribution in [0, 0.1) is 0 Å². The third-order valence-corrected chi connectivity index (χ3v) is 5.50. The zero-order valence-electron chi connectivity index (χ0n) is 19.3. The van der Waals surface area contributed by atoms with Crippen molar-refractivity contribution in [1.82, 2.24) is 5.32 Å². The Labute approximate surface area is 180 Å². The van der Waals surface area contributed by atoms with Crippen LogP contribution in [0.2, 0.25) is 0 Å². The van der Waals surface area contributed by atoms with E-state index in [2.05, 4.69) is 12.2 Å². The standard InChI is InChI=1S/C24H49NO4/c1-2-3-4-5-6-7-8-9-10-11-12-17-26-18-19-27-20-21-28-22-23-29-24-13-15-25-16-14-24/h24-25H,2-23H2,1H3. The summed E-state index contributed by atoms with van der Waals surface area (Å²) < 4.78 is 22.5. The number of nitrogens with one attached hydrogen (secondary N) is 1. The maximum atomic E-state index is 5.79. The maximum Gasteiger partial charge on any atom is 0.0704 e. The quantitative estimate of drug-likeness (QED) is 0.249. The molecule has 0 aromatic heterocycles. The Kier molecular flexibility index (Phi) is 20.8. The molecule has 5 heteroatoms. The van der Waals surface area contributed by atoms with Crippen molar-refractivity contribution in [3.8, 4) is 0 Å². The molecule has 1 fully saturated rings. The van der Waals surface area contributed by atoms with Crippen molar-refractivity contribution >= 4 is 0 Å². The predicted molar refractivity (Wildman–Crippen MR) is 121 cm³/mol. The van der Waals surface area contributed by atoms with Gasteiger partial charge in [-0.2, -0.15) is 0 Å². The molecule has 0 spiro atoms. The minimum atomic E-state index is 0.411. The normalized spacial score (nSPS) is 15.2. The van der Waals surface area contributed by atoms with Gasteiger partial charge in [-0.05, 0) is 32.4 Å². The Bertz CT molecular complexity index is 311. The largest absolute Gasteiger partial charge is 0.379 e. The van der Waals surface area contributed by atoms with Gasteiger partial charge in [-0.1, -0.05) is 71.1 Å². The van der Waals surface area contributed by atoms with E-state index in [0.29, 0.717) is 45.7 Å². The fourth-order valence-electron chi connectivity index (χ4n) is 3.65. The zero-order chi connectivity index (χ0) is 20.7. The van der Waals surface area contributed by atoms with E-state index in [1.54, 1.807) is 0 Å². The molecule has 1 aliphatic rings. The van der Waals surface area contributed by atoms with Crippen molar-refractivity contribution in [1.29, 1.82) is 0 Å². The average molecular weight is 416 g/mol. The highest BCUT2D eigenvalue weighted by atomic mass is 16.6. The highest BCUT2D eigenvalue weighted by Gasteiger charge is 2.12. The van der Waals surface area contributed by atoms with Crippen LogP contribution in [0.3, 0.4) is 0 Å². The molecule has 1 rings (SSSR count). The van der Waals surface area contributed by atoms with Gasteiger partial charge in [0.25, 0.3) is 0 Å². The summed E-state index contributed by atoms with van der Waals surface area (Å²) in [4.78, 5) is 0. The molecule has 0 atom stereocenters. The first-order chi connectivity index (χ1) is 14.4. The van der Waals surface area contributed by atoms with Gasteiger partial charge in [-0.25, -0.2) is 0 Å². The highest BCUT2D eigenvalue weighted by Crippen LogP contribution is 2.11. The molecule has 5 nitrogen and oxygen atoms in total. The Hall–Kier alpha value is -0.200. The summed E-state index contributed by atoms with van der Waals surface area (Å²) in [5, 5.41) is 3.34. The molecule has 0 aliphatic carbocycles. The van der Waals surface area contributed by atoms with E-state index < -0.39 is 0 Å². The summed E-state index contributed by atoms with van der Waals surface area (Å²) >= 11 is 0. The third kappa shape index (κ3) is 19.5. The second-order valence-electron chi connectivity index (χ2n) is 8.19. The average Bonchev–Trinajstić information content (AvgIpc) is 2.75. The predicted octanol–water partition coefficient (Wildman–Crippen LogP) is 5.12. The fraction of sp³-hybridized carbons (Fsp3) is 1.00. The van der Waals surface area contributed by atoms with Gasteiger partial charge in [0.05, 0.1) is 45.7 Å². The summed E-state index contributed by atoms with van der Waals surface area (Å²) in [5.41, 5.74) is 0. The summed E-state index contributed by atoms with van der Waals surface area (Å²) in [6.45, 7) is 9.25. The number of hydrogen-bond acceptors (Lipinski definition) is 5. The Morgan fingerprint density at radius 2 is 1.00 bits per heavy atom. The SMILES string of the molecule is CCCCCCCCCCCCCOCCOCCOCCOC1CCNCC1. The Morgan fingerprint density at radius 3 is 1.55 bits per heavy atom. The summed E-state index contributed by atoms with van der Waals surface area (Å²) in [5.74, 6) is 0. The lowest BCUT2D eigenvalue weighted by Gasteiger charge is -2.22. The lowest BCUT2D eigenvalue weighted by atomic mass is 10.1. The van der Waals surface area contributed by atoms with Gasteiger partial charge in [0.1, 0.15) is 0 Å². The number of rotatable bonds is 22. The van der Waals surface area contributed by atoms with Gasteiger partial charge in [0.2, 0.25) is 0 Å². The molecule has 0 aromatic carbocycles. The number of piperidine rings is 1.